The first-order chi connectivity index (χ1) is 18.1. The number of benzene rings is 5. The zero-order chi connectivity index (χ0) is 25.1. The molecular weight excluding hydrogens is 452 g/mol. The lowest BCUT2D eigenvalue weighted by Gasteiger charge is -2.16. The van der Waals surface area contributed by atoms with Crippen molar-refractivity contribution < 1.29 is 4.42 Å². The highest BCUT2D eigenvalue weighted by atomic mass is 16.3. The van der Waals surface area contributed by atoms with Crippen molar-refractivity contribution in [2.45, 2.75) is 20.8 Å². The van der Waals surface area contributed by atoms with Crippen LogP contribution in [0.2, 0.25) is 0 Å². The second-order valence-electron chi connectivity index (χ2n) is 9.86. The van der Waals surface area contributed by atoms with Gasteiger partial charge in [-0.25, -0.2) is 4.98 Å². The van der Waals surface area contributed by atoms with E-state index in [1.807, 2.05) is 12.1 Å². The Bertz CT molecular complexity index is 1930. The molecule has 0 aliphatic rings. The third-order valence-electron chi connectivity index (χ3n) is 7.28. The highest BCUT2D eigenvalue weighted by molar-refractivity contribution is 6.09. The summed E-state index contributed by atoms with van der Waals surface area (Å²) in [5, 5.41) is 2.29. The van der Waals surface area contributed by atoms with E-state index in [0.29, 0.717) is 0 Å². The van der Waals surface area contributed by atoms with E-state index < -0.39 is 0 Å². The monoisotopic (exact) mass is 478 g/mol. The summed E-state index contributed by atoms with van der Waals surface area (Å²) in [6, 6.07) is 36.2. The molecule has 0 N–H and O–H groups in total. The molecule has 0 radical (unpaired) electrons. The van der Waals surface area contributed by atoms with Gasteiger partial charge in [0.1, 0.15) is 17.0 Å². The Morgan fingerprint density at radius 1 is 0.649 bits per heavy atom. The second kappa shape index (κ2) is 8.21. The minimum absolute atomic E-state index is 0.916. The maximum absolute atomic E-state index is 6.29. The summed E-state index contributed by atoms with van der Waals surface area (Å²) in [4.78, 5) is 5.09. The second-order valence-corrected chi connectivity index (χ2v) is 9.86. The van der Waals surface area contributed by atoms with Gasteiger partial charge in [0.15, 0.2) is 0 Å². The Labute approximate surface area is 215 Å². The van der Waals surface area contributed by atoms with Crippen LogP contribution < -0.4 is 0 Å². The van der Waals surface area contributed by atoms with Crippen LogP contribution >= 0.6 is 0 Å². The number of aromatic nitrogens is 2. The molecular formula is C34H26N2O. The van der Waals surface area contributed by atoms with E-state index in [1.165, 1.54) is 22.4 Å². The predicted molar refractivity (Wildman–Crippen MR) is 153 cm³/mol. The highest BCUT2D eigenvalue weighted by Gasteiger charge is 2.18. The minimum atomic E-state index is 0.916. The summed E-state index contributed by atoms with van der Waals surface area (Å²) in [5.41, 5.74) is 12.2. The lowest BCUT2D eigenvalue weighted by atomic mass is 10.0. The van der Waals surface area contributed by atoms with Gasteiger partial charge in [-0.1, -0.05) is 90.5 Å². The molecule has 37 heavy (non-hydrogen) atoms. The largest absolute Gasteiger partial charge is 0.455 e. The fourth-order valence-corrected chi connectivity index (χ4v) is 5.74. The van der Waals surface area contributed by atoms with Gasteiger partial charge in [0, 0.05) is 21.9 Å². The van der Waals surface area contributed by atoms with Crippen molar-refractivity contribution >= 4 is 33.0 Å². The van der Waals surface area contributed by atoms with Gasteiger partial charge in [-0.3, -0.25) is 4.57 Å². The van der Waals surface area contributed by atoms with Crippen molar-refractivity contribution in [3.63, 3.8) is 0 Å². The first-order valence-corrected chi connectivity index (χ1v) is 12.7. The molecule has 0 saturated carbocycles. The predicted octanol–water partition coefficient (Wildman–Crippen LogP) is 9.18. The topological polar surface area (TPSA) is 31.0 Å². The van der Waals surface area contributed by atoms with E-state index in [0.717, 1.165) is 55.5 Å². The van der Waals surface area contributed by atoms with Crippen molar-refractivity contribution in [2.75, 3.05) is 0 Å². The number of imidazole rings is 1. The summed E-state index contributed by atoms with van der Waals surface area (Å²) in [7, 11) is 0. The molecule has 2 heterocycles. The fourth-order valence-electron chi connectivity index (χ4n) is 5.74. The summed E-state index contributed by atoms with van der Waals surface area (Å²) in [6.07, 6.45) is 0. The van der Waals surface area contributed by atoms with Gasteiger partial charge < -0.3 is 4.42 Å². The zero-order valence-corrected chi connectivity index (χ0v) is 21.1. The molecule has 7 aromatic rings. The van der Waals surface area contributed by atoms with E-state index in [4.69, 9.17) is 9.40 Å². The maximum atomic E-state index is 6.29. The Kier molecular flexibility index (Phi) is 4.80. The fraction of sp³-hybridized carbons (Fsp3) is 0.0882. The Balaban J connectivity index is 1.40. The SMILES string of the molecule is Cc1cc(C)c(-n2c(-c3ccc(-c4cccc5c4oc4ccccc45)cc3)nc3ccccc32)c(C)c1. The number of nitrogens with zero attached hydrogens (tertiary/aromatic N) is 2. The van der Waals surface area contributed by atoms with E-state index in [9.17, 15) is 0 Å². The first-order valence-electron chi connectivity index (χ1n) is 12.7. The molecule has 0 atom stereocenters. The van der Waals surface area contributed by atoms with E-state index in [1.54, 1.807) is 0 Å². The molecule has 3 nitrogen and oxygen atoms in total. The van der Waals surface area contributed by atoms with Crippen LogP contribution in [-0.2, 0) is 0 Å². The number of para-hydroxylation sites is 4. The van der Waals surface area contributed by atoms with Crippen LogP contribution in [0.1, 0.15) is 16.7 Å². The summed E-state index contributed by atoms with van der Waals surface area (Å²) >= 11 is 0. The molecule has 0 fully saturated rings. The third kappa shape index (κ3) is 3.39. The molecule has 7 rings (SSSR count). The molecule has 178 valence electrons. The van der Waals surface area contributed by atoms with Gasteiger partial charge >= 0.3 is 0 Å². The Morgan fingerprint density at radius 3 is 2.14 bits per heavy atom. The molecule has 0 aliphatic carbocycles. The van der Waals surface area contributed by atoms with Crippen LogP contribution in [0.3, 0.4) is 0 Å². The normalized spacial score (nSPS) is 11.6. The molecule has 0 aliphatic heterocycles. The summed E-state index contributed by atoms with van der Waals surface area (Å²) in [5.74, 6) is 0.949. The number of aryl methyl sites for hydroxylation is 3. The Hall–Kier alpha value is -4.63. The highest BCUT2D eigenvalue weighted by Crippen LogP contribution is 2.37. The molecule has 0 amide bonds. The smallest absolute Gasteiger partial charge is 0.145 e. The Morgan fingerprint density at radius 2 is 1.32 bits per heavy atom. The molecule has 0 bridgehead atoms. The van der Waals surface area contributed by atoms with Crippen molar-refractivity contribution in [1.29, 1.82) is 0 Å². The van der Waals surface area contributed by atoms with Gasteiger partial charge in [0.05, 0.1) is 16.7 Å². The molecule has 3 heteroatoms. The minimum Gasteiger partial charge on any atom is -0.455 e. The number of rotatable bonds is 3. The van der Waals surface area contributed by atoms with Crippen LogP contribution in [0.25, 0.3) is 61.2 Å². The molecule has 0 spiro atoms. The number of fused-ring (bicyclic) bond motifs is 4. The van der Waals surface area contributed by atoms with Crippen LogP contribution in [0, 0.1) is 20.8 Å². The lowest BCUT2D eigenvalue weighted by Crippen LogP contribution is -2.03. The molecule has 2 aromatic heterocycles. The summed E-state index contributed by atoms with van der Waals surface area (Å²) < 4.78 is 8.60. The number of furan rings is 1. The molecule has 0 saturated heterocycles. The van der Waals surface area contributed by atoms with Crippen molar-refractivity contribution in [2.24, 2.45) is 0 Å². The quantitative estimate of drug-likeness (QED) is 0.253. The van der Waals surface area contributed by atoms with Crippen LogP contribution in [0.15, 0.2) is 108 Å². The van der Waals surface area contributed by atoms with Crippen LogP contribution in [-0.4, -0.2) is 9.55 Å². The van der Waals surface area contributed by atoms with Crippen molar-refractivity contribution in [1.82, 2.24) is 9.55 Å². The first kappa shape index (κ1) is 21.6. The molecule has 0 unspecified atom stereocenters. The van der Waals surface area contributed by atoms with Gasteiger partial charge in [-0.2, -0.15) is 0 Å². The average molecular weight is 479 g/mol. The lowest BCUT2D eigenvalue weighted by molar-refractivity contribution is 0.670. The maximum Gasteiger partial charge on any atom is 0.145 e. The van der Waals surface area contributed by atoms with Gasteiger partial charge in [0.25, 0.3) is 0 Å². The van der Waals surface area contributed by atoms with Gasteiger partial charge in [-0.05, 0) is 55.7 Å². The van der Waals surface area contributed by atoms with E-state index in [-0.39, 0.29) is 0 Å². The van der Waals surface area contributed by atoms with Gasteiger partial charge in [-0.15, -0.1) is 0 Å². The summed E-state index contributed by atoms with van der Waals surface area (Å²) in [6.45, 7) is 6.52. The van der Waals surface area contributed by atoms with E-state index >= 15 is 0 Å². The van der Waals surface area contributed by atoms with Gasteiger partial charge in [0.2, 0.25) is 0 Å². The van der Waals surface area contributed by atoms with Crippen LogP contribution in [0.4, 0.5) is 0 Å². The standard InChI is InChI=1S/C34H26N2O/c1-21-19-22(2)32(23(3)20-21)36-30-13-6-5-12-29(30)35-34(36)25-17-15-24(16-18-25)26-10-8-11-28-27-9-4-7-14-31(27)37-33(26)28/h4-20H,1-3H3. The number of hydrogen-bond acceptors (Lipinski definition) is 2. The molecule has 5 aromatic carbocycles. The average Bonchev–Trinajstić information content (AvgIpc) is 3.47. The van der Waals surface area contributed by atoms with Crippen LogP contribution in [0.5, 0.6) is 0 Å². The van der Waals surface area contributed by atoms with Crippen molar-refractivity contribution in [3.8, 4) is 28.2 Å². The third-order valence-corrected chi connectivity index (χ3v) is 7.28. The zero-order valence-electron chi connectivity index (χ0n) is 21.1. The number of hydrogen-bond donors (Lipinski definition) is 0. The van der Waals surface area contributed by atoms with E-state index in [2.05, 4.69) is 116 Å². The van der Waals surface area contributed by atoms with Crippen molar-refractivity contribution in [3.05, 3.63) is 120 Å².